The second-order valence-corrected chi connectivity index (χ2v) is 9.90. The first-order chi connectivity index (χ1) is 14.7. The van der Waals surface area contributed by atoms with Gasteiger partial charge in [0.05, 0.1) is 5.56 Å². The van der Waals surface area contributed by atoms with E-state index in [0.717, 1.165) is 36.1 Å². The number of hydrogen-bond donors (Lipinski definition) is 2. The average Bonchev–Trinajstić information content (AvgIpc) is 3.10. The van der Waals surface area contributed by atoms with Crippen molar-refractivity contribution in [1.29, 1.82) is 0 Å². The lowest BCUT2D eigenvalue weighted by molar-refractivity contribution is 0.0999. The van der Waals surface area contributed by atoms with Gasteiger partial charge in [-0.25, -0.2) is 4.79 Å². The van der Waals surface area contributed by atoms with Crippen molar-refractivity contribution in [3.05, 3.63) is 62.3 Å². The van der Waals surface area contributed by atoms with E-state index >= 15 is 0 Å². The Balaban J connectivity index is 1.68. The molecule has 2 amide bonds. The number of nitrogens with one attached hydrogen (secondary N) is 1. The molecule has 0 saturated carbocycles. The van der Waals surface area contributed by atoms with Gasteiger partial charge in [-0.1, -0.05) is 45.4 Å². The maximum Gasteiger partial charge on any atom is 0.349 e. The SMILES string of the molecule is CCC(C)(C)[C@@H]1CCc2c(sc(NC(=O)c3cc4ccccc4oc3=O)c2C(N)=O)C1. The Kier molecular flexibility index (Phi) is 5.47. The Morgan fingerprint density at radius 2 is 2.03 bits per heavy atom. The second kappa shape index (κ2) is 7.96. The van der Waals surface area contributed by atoms with Gasteiger partial charge in [-0.15, -0.1) is 11.3 Å². The molecule has 31 heavy (non-hydrogen) atoms. The fourth-order valence-electron chi connectivity index (χ4n) is 4.28. The zero-order chi connectivity index (χ0) is 22.3. The molecule has 3 aromatic rings. The number of thiophene rings is 1. The Labute approximate surface area is 184 Å². The van der Waals surface area contributed by atoms with Crippen molar-refractivity contribution in [2.75, 3.05) is 5.32 Å². The number of rotatable bonds is 5. The molecule has 1 aliphatic rings. The van der Waals surface area contributed by atoms with E-state index < -0.39 is 17.4 Å². The first kappa shape index (κ1) is 21.3. The molecule has 6 nitrogen and oxygen atoms in total. The van der Waals surface area contributed by atoms with Crippen LogP contribution in [0, 0.1) is 11.3 Å². The van der Waals surface area contributed by atoms with Crippen LogP contribution in [0.2, 0.25) is 0 Å². The highest BCUT2D eigenvalue weighted by atomic mass is 32.1. The van der Waals surface area contributed by atoms with Crippen molar-refractivity contribution in [2.45, 2.75) is 46.5 Å². The highest BCUT2D eigenvalue weighted by Crippen LogP contribution is 2.45. The Morgan fingerprint density at radius 3 is 2.74 bits per heavy atom. The zero-order valence-electron chi connectivity index (χ0n) is 17.9. The lowest BCUT2D eigenvalue weighted by Crippen LogP contribution is -2.29. The molecule has 7 heteroatoms. The predicted octanol–water partition coefficient (Wildman–Crippen LogP) is 4.75. The van der Waals surface area contributed by atoms with Crippen LogP contribution in [0.25, 0.3) is 11.0 Å². The molecule has 3 N–H and O–H groups in total. The fourth-order valence-corrected chi connectivity index (χ4v) is 5.61. The van der Waals surface area contributed by atoms with Crippen LogP contribution < -0.4 is 16.7 Å². The van der Waals surface area contributed by atoms with Crippen molar-refractivity contribution in [3.8, 4) is 0 Å². The van der Waals surface area contributed by atoms with E-state index in [9.17, 15) is 14.4 Å². The molecular weight excluding hydrogens is 412 g/mol. The standard InChI is InChI=1S/C24H26N2O4S/c1-4-24(2,3)14-9-10-15-18(12-14)31-22(19(15)20(25)27)26-21(28)16-11-13-7-5-6-8-17(13)30-23(16)29/h5-8,11,14H,4,9-10,12H2,1-3H3,(H2,25,27)(H,26,28)/t14-/m1/s1. The number of primary amides is 1. The van der Waals surface area contributed by atoms with Gasteiger partial charge < -0.3 is 15.5 Å². The van der Waals surface area contributed by atoms with Crippen molar-refractivity contribution < 1.29 is 14.0 Å². The van der Waals surface area contributed by atoms with Crippen LogP contribution in [0.3, 0.4) is 0 Å². The summed E-state index contributed by atoms with van der Waals surface area (Å²) in [5.74, 6) is -0.668. The third-order valence-electron chi connectivity index (χ3n) is 6.64. The largest absolute Gasteiger partial charge is 0.422 e. The van der Waals surface area contributed by atoms with Crippen LogP contribution in [0.1, 0.15) is 64.8 Å². The molecule has 1 atom stereocenters. The summed E-state index contributed by atoms with van der Waals surface area (Å²) in [6.07, 6.45) is 3.66. The van der Waals surface area contributed by atoms with Crippen molar-refractivity contribution in [1.82, 2.24) is 0 Å². The van der Waals surface area contributed by atoms with Crippen LogP contribution in [-0.2, 0) is 12.8 Å². The molecule has 2 aromatic heterocycles. The Morgan fingerprint density at radius 1 is 1.29 bits per heavy atom. The van der Waals surface area contributed by atoms with E-state index in [0.29, 0.717) is 27.5 Å². The summed E-state index contributed by atoms with van der Waals surface area (Å²) in [4.78, 5) is 38.6. The monoisotopic (exact) mass is 438 g/mol. The van der Waals surface area contributed by atoms with Gasteiger partial charge >= 0.3 is 5.63 Å². The van der Waals surface area contributed by atoms with Crippen LogP contribution >= 0.6 is 11.3 Å². The Bertz CT molecular complexity index is 1240. The summed E-state index contributed by atoms with van der Waals surface area (Å²) in [6.45, 7) is 6.74. The first-order valence-electron chi connectivity index (χ1n) is 10.5. The smallest absolute Gasteiger partial charge is 0.349 e. The number of benzene rings is 1. The van der Waals surface area contributed by atoms with Crippen molar-refractivity contribution >= 4 is 39.1 Å². The van der Waals surface area contributed by atoms with Gasteiger partial charge in [-0.05, 0) is 48.3 Å². The van der Waals surface area contributed by atoms with Crippen molar-refractivity contribution in [3.63, 3.8) is 0 Å². The molecule has 2 heterocycles. The van der Waals surface area contributed by atoms with Gasteiger partial charge in [0.1, 0.15) is 16.1 Å². The summed E-state index contributed by atoms with van der Waals surface area (Å²) in [5, 5.41) is 3.82. The van der Waals surface area contributed by atoms with E-state index in [-0.39, 0.29) is 11.0 Å². The minimum Gasteiger partial charge on any atom is -0.422 e. The van der Waals surface area contributed by atoms with Crippen LogP contribution in [0.4, 0.5) is 5.00 Å². The van der Waals surface area contributed by atoms with Crippen LogP contribution in [0.15, 0.2) is 39.5 Å². The molecule has 4 rings (SSSR count). The van der Waals surface area contributed by atoms with Gasteiger partial charge in [0, 0.05) is 10.3 Å². The molecule has 0 unspecified atom stereocenters. The molecule has 0 bridgehead atoms. The van der Waals surface area contributed by atoms with Gasteiger partial charge in [-0.3, -0.25) is 9.59 Å². The van der Waals surface area contributed by atoms with Crippen molar-refractivity contribution in [2.24, 2.45) is 17.1 Å². The minimum atomic E-state index is -0.720. The highest BCUT2D eigenvalue weighted by Gasteiger charge is 2.35. The van der Waals surface area contributed by atoms with E-state index in [1.807, 2.05) is 0 Å². The number of carbonyl (C=O) groups excluding carboxylic acids is 2. The lowest BCUT2D eigenvalue weighted by Gasteiger charge is -2.36. The van der Waals surface area contributed by atoms with Gasteiger partial charge in [0.2, 0.25) is 0 Å². The molecule has 0 fully saturated rings. The summed E-state index contributed by atoms with van der Waals surface area (Å²) in [7, 11) is 0. The van der Waals surface area contributed by atoms with E-state index in [1.165, 1.54) is 17.4 Å². The van der Waals surface area contributed by atoms with E-state index in [2.05, 4.69) is 26.1 Å². The highest BCUT2D eigenvalue weighted by molar-refractivity contribution is 7.17. The van der Waals surface area contributed by atoms with Crippen LogP contribution in [-0.4, -0.2) is 11.8 Å². The maximum absolute atomic E-state index is 12.9. The molecule has 0 saturated heterocycles. The third kappa shape index (κ3) is 3.90. The number of fused-ring (bicyclic) bond motifs is 2. The van der Waals surface area contributed by atoms with Gasteiger partial charge in [0.15, 0.2) is 0 Å². The number of anilines is 1. The van der Waals surface area contributed by atoms with E-state index in [4.69, 9.17) is 10.2 Å². The maximum atomic E-state index is 12.9. The van der Waals surface area contributed by atoms with E-state index in [1.54, 1.807) is 24.3 Å². The molecule has 0 spiro atoms. The average molecular weight is 439 g/mol. The quantitative estimate of drug-likeness (QED) is 0.561. The minimum absolute atomic E-state index is 0.106. The van der Waals surface area contributed by atoms with Gasteiger partial charge in [-0.2, -0.15) is 0 Å². The summed E-state index contributed by atoms with van der Waals surface area (Å²) >= 11 is 1.39. The normalized spacial score (nSPS) is 16.2. The molecule has 1 aromatic carbocycles. The number of nitrogens with two attached hydrogens (primary N) is 1. The number of para-hydroxylation sites is 1. The third-order valence-corrected chi connectivity index (χ3v) is 7.81. The predicted molar refractivity (Wildman–Crippen MR) is 123 cm³/mol. The fraction of sp³-hybridized carbons (Fsp3) is 0.375. The van der Waals surface area contributed by atoms with Crippen LogP contribution in [0.5, 0.6) is 0 Å². The molecule has 162 valence electrons. The lowest BCUT2D eigenvalue weighted by atomic mass is 9.69. The van der Waals surface area contributed by atoms with Gasteiger partial charge in [0.25, 0.3) is 11.8 Å². The summed E-state index contributed by atoms with van der Waals surface area (Å²) in [5.41, 5.74) is 6.77. The number of amides is 2. The second-order valence-electron chi connectivity index (χ2n) is 8.79. The number of carbonyl (C=O) groups is 2. The summed E-state index contributed by atoms with van der Waals surface area (Å²) in [6, 6.07) is 8.51. The number of hydrogen-bond acceptors (Lipinski definition) is 5. The Hall–Kier alpha value is -2.93. The molecular formula is C24H26N2O4S. The molecule has 0 radical (unpaired) electrons. The molecule has 1 aliphatic carbocycles. The topological polar surface area (TPSA) is 102 Å². The summed E-state index contributed by atoms with van der Waals surface area (Å²) < 4.78 is 5.27. The molecule has 0 aliphatic heterocycles. The first-order valence-corrected chi connectivity index (χ1v) is 11.3. The zero-order valence-corrected chi connectivity index (χ0v) is 18.7.